The maximum Gasteiger partial charge on any atom is 0.276 e. The minimum absolute atomic E-state index is 0.0198. The molecule has 6 rings (SSSR count). The van der Waals surface area contributed by atoms with E-state index in [1.54, 1.807) is 29.9 Å². The molecule has 0 radical (unpaired) electrons. The number of carbonyl (C=O) groups excluding carboxylic acids is 2. The molecule has 2 amide bonds. The highest BCUT2D eigenvalue weighted by Gasteiger charge is 2.41. The molecule has 13 heteroatoms. The van der Waals surface area contributed by atoms with Crippen LogP contribution in [0.3, 0.4) is 0 Å². The van der Waals surface area contributed by atoms with Gasteiger partial charge >= 0.3 is 0 Å². The van der Waals surface area contributed by atoms with Crippen LogP contribution in [0.1, 0.15) is 97.3 Å². The number of alkyl halides is 3. The third-order valence-corrected chi connectivity index (χ3v) is 8.63. The van der Waals surface area contributed by atoms with E-state index >= 15 is 0 Å². The minimum atomic E-state index is -2.73. The van der Waals surface area contributed by atoms with Crippen LogP contribution in [0.4, 0.5) is 13.2 Å². The van der Waals surface area contributed by atoms with Crippen LogP contribution in [0, 0.1) is 24.7 Å². The molecule has 0 spiro atoms. The lowest BCUT2D eigenvalue weighted by Gasteiger charge is -2.33. The van der Waals surface area contributed by atoms with Crippen LogP contribution in [-0.2, 0) is 4.79 Å². The summed E-state index contributed by atoms with van der Waals surface area (Å²) in [6.07, 6.45) is 5.93. The van der Waals surface area contributed by atoms with E-state index in [0.29, 0.717) is 17.0 Å². The molecule has 0 bridgehead atoms. The highest BCUT2D eigenvalue weighted by atomic mass is 19.3. The van der Waals surface area contributed by atoms with Gasteiger partial charge in [0.05, 0.1) is 30.2 Å². The molecule has 3 heterocycles. The van der Waals surface area contributed by atoms with Gasteiger partial charge in [-0.05, 0) is 80.0 Å². The Morgan fingerprint density at radius 2 is 1.75 bits per heavy atom. The van der Waals surface area contributed by atoms with Crippen LogP contribution in [0.5, 0.6) is 0 Å². The van der Waals surface area contributed by atoms with Gasteiger partial charge in [-0.15, -0.1) is 0 Å². The van der Waals surface area contributed by atoms with Crippen molar-refractivity contribution in [2.24, 2.45) is 17.8 Å². The van der Waals surface area contributed by atoms with E-state index in [-0.39, 0.29) is 55.2 Å². The lowest BCUT2D eigenvalue weighted by molar-refractivity contribution is -0.130. The molecule has 0 aromatic carbocycles. The summed E-state index contributed by atoms with van der Waals surface area (Å²) in [4.78, 5) is 30.4. The Morgan fingerprint density at radius 1 is 1.02 bits per heavy atom. The van der Waals surface area contributed by atoms with Crippen molar-refractivity contribution < 1.29 is 27.4 Å². The average molecular weight is 560 g/mol. The highest BCUT2D eigenvalue weighted by molar-refractivity contribution is 5.93. The Labute approximate surface area is 228 Å². The molecule has 2 N–H and O–H groups in total. The van der Waals surface area contributed by atoms with Gasteiger partial charge in [-0.25, -0.2) is 27.3 Å². The molecule has 0 saturated heterocycles. The van der Waals surface area contributed by atoms with Gasteiger partial charge < -0.3 is 10.6 Å². The zero-order valence-corrected chi connectivity index (χ0v) is 22.2. The second-order valence-corrected chi connectivity index (χ2v) is 11.5. The number of nitrogens with one attached hydrogen (secondary N) is 2. The Hall–Kier alpha value is -3.51. The number of amides is 2. The summed E-state index contributed by atoms with van der Waals surface area (Å²) in [6, 6.07) is 0.761. The number of nitrogens with zero attached hydrogens (tertiary/aromatic N) is 5. The molecule has 3 aliphatic rings. The summed E-state index contributed by atoms with van der Waals surface area (Å²) in [5, 5.41) is 17.6. The van der Waals surface area contributed by atoms with Crippen molar-refractivity contribution in [2.45, 2.75) is 88.9 Å². The topological polar surface area (TPSA) is 127 Å². The SMILES string of the molecule is Cc1nonc1C(=O)N[C@H](c1cn2ncc([C@H](NC(=O)[C@@H](F)C3CCC3)C3CC3)cc2n1)C1CCC(F)(F)CC1. The van der Waals surface area contributed by atoms with Gasteiger partial charge in [0.2, 0.25) is 5.92 Å². The van der Waals surface area contributed by atoms with Crippen LogP contribution >= 0.6 is 0 Å². The summed E-state index contributed by atoms with van der Waals surface area (Å²) in [5.74, 6) is -4.13. The van der Waals surface area contributed by atoms with Gasteiger partial charge in [-0.3, -0.25) is 9.59 Å². The first-order valence-electron chi connectivity index (χ1n) is 14.0. The molecular weight excluding hydrogens is 527 g/mol. The summed E-state index contributed by atoms with van der Waals surface area (Å²) in [6.45, 7) is 1.59. The first-order chi connectivity index (χ1) is 19.2. The smallest absolute Gasteiger partial charge is 0.276 e. The molecule has 214 valence electrons. The molecule has 3 aromatic heterocycles. The molecule has 10 nitrogen and oxygen atoms in total. The number of aromatic nitrogens is 5. The van der Waals surface area contributed by atoms with Crippen LogP contribution < -0.4 is 10.6 Å². The lowest BCUT2D eigenvalue weighted by Crippen LogP contribution is -2.41. The highest BCUT2D eigenvalue weighted by Crippen LogP contribution is 2.43. The molecule has 0 aliphatic heterocycles. The monoisotopic (exact) mass is 559 g/mol. The van der Waals surface area contributed by atoms with E-state index in [2.05, 4.69) is 30.7 Å². The van der Waals surface area contributed by atoms with Gasteiger partial charge in [0.25, 0.3) is 11.8 Å². The third kappa shape index (κ3) is 5.42. The number of aryl methyl sites for hydroxylation is 1. The molecule has 3 saturated carbocycles. The number of rotatable bonds is 9. The summed E-state index contributed by atoms with van der Waals surface area (Å²) in [7, 11) is 0. The number of carbonyl (C=O) groups is 2. The van der Waals surface area contributed by atoms with Crippen molar-refractivity contribution >= 4 is 17.5 Å². The van der Waals surface area contributed by atoms with Gasteiger partial charge in [-0.1, -0.05) is 11.6 Å². The predicted molar refractivity (Wildman–Crippen MR) is 135 cm³/mol. The van der Waals surface area contributed by atoms with Crippen molar-refractivity contribution in [3.63, 3.8) is 0 Å². The largest absolute Gasteiger partial charge is 0.346 e. The Kier molecular flexibility index (Phi) is 6.99. The van der Waals surface area contributed by atoms with Crippen LogP contribution in [0.15, 0.2) is 23.1 Å². The van der Waals surface area contributed by atoms with Gasteiger partial charge in [0, 0.05) is 12.8 Å². The Morgan fingerprint density at radius 3 is 2.38 bits per heavy atom. The Bertz CT molecular complexity index is 1390. The van der Waals surface area contributed by atoms with Gasteiger partial charge in [-0.2, -0.15) is 5.10 Å². The van der Waals surface area contributed by atoms with Crippen molar-refractivity contribution in [3.05, 3.63) is 41.1 Å². The fourth-order valence-corrected chi connectivity index (χ4v) is 5.79. The summed E-state index contributed by atoms with van der Waals surface area (Å²) in [5.41, 5.74) is 2.01. The normalized spacial score (nSPS) is 21.9. The first-order valence-corrected chi connectivity index (χ1v) is 14.0. The van der Waals surface area contributed by atoms with Crippen molar-refractivity contribution in [2.75, 3.05) is 0 Å². The third-order valence-electron chi connectivity index (χ3n) is 8.63. The zero-order chi connectivity index (χ0) is 28.0. The van der Waals surface area contributed by atoms with Crippen molar-refractivity contribution in [3.8, 4) is 0 Å². The summed E-state index contributed by atoms with van der Waals surface area (Å²) < 4.78 is 48.8. The summed E-state index contributed by atoms with van der Waals surface area (Å²) >= 11 is 0. The second-order valence-electron chi connectivity index (χ2n) is 11.5. The average Bonchev–Trinajstić information content (AvgIpc) is 3.50. The maximum absolute atomic E-state index is 14.7. The molecule has 0 unspecified atom stereocenters. The molecule has 40 heavy (non-hydrogen) atoms. The molecule has 3 aromatic rings. The number of fused-ring (bicyclic) bond motifs is 1. The van der Waals surface area contributed by atoms with Crippen LogP contribution in [0.2, 0.25) is 0 Å². The van der Waals surface area contributed by atoms with E-state index in [1.807, 2.05) is 0 Å². The van der Waals surface area contributed by atoms with E-state index in [0.717, 1.165) is 37.7 Å². The van der Waals surface area contributed by atoms with Crippen LogP contribution in [-0.4, -0.2) is 48.8 Å². The van der Waals surface area contributed by atoms with Gasteiger partial charge in [0.1, 0.15) is 5.69 Å². The second kappa shape index (κ2) is 10.5. The quantitative estimate of drug-likeness (QED) is 0.397. The zero-order valence-electron chi connectivity index (χ0n) is 22.2. The first kappa shape index (κ1) is 26.7. The lowest BCUT2D eigenvalue weighted by atomic mass is 9.81. The predicted octanol–water partition coefficient (Wildman–Crippen LogP) is 4.42. The number of halogens is 3. The molecule has 3 fully saturated rings. The van der Waals surface area contributed by atoms with E-state index < -0.39 is 30.0 Å². The van der Waals surface area contributed by atoms with Crippen LogP contribution in [0.25, 0.3) is 5.65 Å². The minimum Gasteiger partial charge on any atom is -0.346 e. The van der Waals surface area contributed by atoms with Crippen molar-refractivity contribution in [1.29, 1.82) is 0 Å². The number of imidazole rings is 1. The van der Waals surface area contributed by atoms with E-state index in [4.69, 9.17) is 4.98 Å². The van der Waals surface area contributed by atoms with Crippen molar-refractivity contribution in [1.82, 2.24) is 35.5 Å². The Balaban J connectivity index is 1.26. The molecule has 3 atom stereocenters. The van der Waals surface area contributed by atoms with Gasteiger partial charge in [0.15, 0.2) is 17.5 Å². The fourth-order valence-electron chi connectivity index (χ4n) is 5.79. The number of hydrogen-bond donors (Lipinski definition) is 2. The van der Waals surface area contributed by atoms with E-state index in [9.17, 15) is 22.8 Å². The molecular formula is C27H32F3N7O3. The fraction of sp³-hybridized carbons (Fsp3) is 0.630. The molecule has 3 aliphatic carbocycles. The standard InChI is InChI=1S/C27H32F3N7O3/c1-14-22(36-40-35-14)26(39)34-24(17-7-9-27(29,30)10-8-17)19-13-37-20(32-19)11-18(12-31-37)23(16-5-6-16)33-25(38)21(28)15-3-2-4-15/h11-13,15-17,21,23-24H,2-10H2,1H3,(H,33,38)(H,34,39)/t21-,23+,24-/m0/s1. The maximum atomic E-state index is 14.7. The van der Waals surface area contributed by atoms with E-state index in [1.165, 1.54) is 0 Å². The number of hydrogen-bond acceptors (Lipinski definition) is 7.